The summed E-state index contributed by atoms with van der Waals surface area (Å²) in [5, 5.41) is 45.6. The van der Waals surface area contributed by atoms with E-state index in [-0.39, 0.29) is 51.9 Å². The molecule has 0 unspecified atom stereocenters. The Kier molecular flexibility index (Phi) is 12.5. The predicted octanol–water partition coefficient (Wildman–Crippen LogP) is 2.86. The maximum atomic E-state index is 12.9. The molecule has 0 saturated carbocycles. The van der Waals surface area contributed by atoms with E-state index in [0.717, 1.165) is 0 Å². The molecule has 0 aromatic heterocycles. The summed E-state index contributed by atoms with van der Waals surface area (Å²) >= 11 is 0. The van der Waals surface area contributed by atoms with Gasteiger partial charge in [-0.2, -0.15) is 0 Å². The van der Waals surface area contributed by atoms with Crippen molar-refractivity contribution in [2.75, 3.05) is 26.1 Å². The van der Waals surface area contributed by atoms with E-state index in [1.165, 1.54) is 45.4 Å². The molecule has 1 aromatic carbocycles. The Morgan fingerprint density at radius 1 is 1.24 bits per heavy atom. The molecule has 1 aliphatic heterocycles. The molecule has 2 amide bonds. The van der Waals surface area contributed by atoms with Gasteiger partial charge in [-0.3, -0.25) is 9.79 Å². The number of ether oxygens (including phenoxy) is 3. The fourth-order valence-corrected chi connectivity index (χ4v) is 4.77. The third-order valence-electron chi connectivity index (χ3n) is 7.01. The smallest absolute Gasteiger partial charge is 0.405 e. The number of aliphatic hydroxyl groups excluding tert-OH is 2. The number of carbonyl (C=O) groups excluding carboxylic acids is 2. The summed E-state index contributed by atoms with van der Waals surface area (Å²) in [6.45, 7) is 8.09. The molecule has 1 aliphatic rings. The van der Waals surface area contributed by atoms with Gasteiger partial charge in [0, 0.05) is 37.3 Å². The average molecular weight is 576 g/mol. The molecule has 0 aliphatic carbocycles. The number of amides is 2. The molecule has 1 aromatic rings. The van der Waals surface area contributed by atoms with Gasteiger partial charge >= 0.3 is 6.09 Å². The van der Waals surface area contributed by atoms with E-state index >= 15 is 0 Å². The monoisotopic (exact) mass is 575 g/mol. The van der Waals surface area contributed by atoms with Gasteiger partial charge in [0.05, 0.1) is 24.5 Å². The molecule has 0 fully saturated rings. The number of allylic oxidation sites excluding steroid dienone is 2. The number of hydrogen-bond donors (Lipinski definition) is 6. The summed E-state index contributed by atoms with van der Waals surface area (Å²) in [5.74, 6) is -1.89. The van der Waals surface area contributed by atoms with E-state index in [2.05, 4.69) is 17.0 Å². The van der Waals surface area contributed by atoms with Crippen molar-refractivity contribution >= 4 is 30.1 Å². The van der Waals surface area contributed by atoms with Crippen LogP contribution in [-0.4, -0.2) is 84.4 Å². The number of aromatic hydroxyl groups is 2. The number of aliphatic hydroxyl groups is 2. The van der Waals surface area contributed by atoms with Crippen molar-refractivity contribution < 1.29 is 44.2 Å². The van der Waals surface area contributed by atoms with E-state index in [0.29, 0.717) is 6.42 Å². The number of phenols is 2. The second-order valence-corrected chi connectivity index (χ2v) is 10.1. The molecule has 6 atom stereocenters. The summed E-state index contributed by atoms with van der Waals surface area (Å²) in [5.41, 5.74) is 6.12. The maximum absolute atomic E-state index is 12.9. The molecular formula is C29H41N3O9. The van der Waals surface area contributed by atoms with Gasteiger partial charge in [-0.15, -0.1) is 0 Å². The first-order valence-electron chi connectivity index (χ1n) is 13.1. The summed E-state index contributed by atoms with van der Waals surface area (Å²) in [6, 6.07) is 1.19. The Hall–Kier alpha value is -3.71. The third-order valence-corrected chi connectivity index (χ3v) is 7.01. The Bertz CT molecular complexity index is 1190. The number of hydrogen-bond acceptors (Lipinski definition) is 10. The number of nitrogens with two attached hydrogens (primary N) is 1. The molecule has 2 bridgehead atoms. The van der Waals surface area contributed by atoms with Crippen molar-refractivity contribution in [3.05, 3.63) is 47.1 Å². The van der Waals surface area contributed by atoms with Crippen molar-refractivity contribution in [2.45, 2.75) is 58.0 Å². The molecule has 226 valence electrons. The first-order chi connectivity index (χ1) is 19.4. The number of nitrogens with one attached hydrogen (secondary N) is 1. The number of phenolic OH excluding ortho intramolecular Hbond substituents is 2. The molecule has 41 heavy (non-hydrogen) atoms. The lowest BCUT2D eigenvalue weighted by Crippen LogP contribution is -2.38. The minimum atomic E-state index is -1.14. The highest BCUT2D eigenvalue weighted by molar-refractivity contribution is 6.04. The second kappa shape index (κ2) is 15.3. The number of anilines is 1. The largest absolute Gasteiger partial charge is 0.506 e. The summed E-state index contributed by atoms with van der Waals surface area (Å²) in [7, 11) is 2.82. The first kappa shape index (κ1) is 33.5. The number of rotatable bonds is 5. The van der Waals surface area contributed by atoms with Gasteiger partial charge in [-0.25, -0.2) is 4.79 Å². The fourth-order valence-electron chi connectivity index (χ4n) is 4.77. The Labute approximate surface area is 239 Å². The molecule has 0 saturated heterocycles. The van der Waals surface area contributed by atoms with Crippen LogP contribution in [0.25, 0.3) is 0 Å². The molecule has 12 heteroatoms. The van der Waals surface area contributed by atoms with E-state index in [9.17, 15) is 30.0 Å². The molecule has 7 N–H and O–H groups in total. The lowest BCUT2D eigenvalue weighted by atomic mass is 9.87. The van der Waals surface area contributed by atoms with Crippen LogP contribution >= 0.6 is 0 Å². The Balaban J connectivity index is 2.69. The van der Waals surface area contributed by atoms with Gasteiger partial charge in [0.15, 0.2) is 6.10 Å². The molecule has 1 heterocycles. The van der Waals surface area contributed by atoms with Crippen molar-refractivity contribution in [2.24, 2.45) is 22.6 Å². The summed E-state index contributed by atoms with van der Waals surface area (Å²) in [4.78, 5) is 28.5. The van der Waals surface area contributed by atoms with Crippen LogP contribution in [0.5, 0.6) is 11.5 Å². The maximum Gasteiger partial charge on any atom is 0.405 e. The van der Waals surface area contributed by atoms with Crippen molar-refractivity contribution in [3.63, 3.8) is 0 Å². The number of methoxy groups -OCH3 is 2. The molecule has 0 spiro atoms. The fraction of sp³-hybridized carbons (Fsp3) is 0.483. The average Bonchev–Trinajstić information content (AvgIpc) is 2.93. The Morgan fingerprint density at radius 3 is 2.49 bits per heavy atom. The summed E-state index contributed by atoms with van der Waals surface area (Å²) in [6.07, 6.45) is 1.70. The highest BCUT2D eigenvalue weighted by Crippen LogP contribution is 2.43. The highest BCUT2D eigenvalue weighted by Gasteiger charge is 2.31. The summed E-state index contributed by atoms with van der Waals surface area (Å²) < 4.78 is 16.4. The normalized spacial score (nSPS) is 26.5. The lowest BCUT2D eigenvalue weighted by Gasteiger charge is -2.30. The van der Waals surface area contributed by atoms with Crippen molar-refractivity contribution in [3.8, 4) is 11.5 Å². The van der Waals surface area contributed by atoms with Crippen molar-refractivity contribution in [1.82, 2.24) is 0 Å². The number of benzene rings is 1. The van der Waals surface area contributed by atoms with Crippen LogP contribution in [0.1, 0.15) is 32.8 Å². The predicted molar refractivity (Wildman–Crippen MR) is 154 cm³/mol. The number of carbonyl (C=O) groups is 2. The van der Waals surface area contributed by atoms with E-state index in [1.54, 1.807) is 13.0 Å². The van der Waals surface area contributed by atoms with Gasteiger partial charge in [0.2, 0.25) is 0 Å². The van der Waals surface area contributed by atoms with Gasteiger partial charge in [0.1, 0.15) is 23.3 Å². The van der Waals surface area contributed by atoms with E-state index in [1.807, 2.05) is 6.92 Å². The Morgan fingerprint density at radius 2 is 1.93 bits per heavy atom. The molecule has 12 nitrogen and oxygen atoms in total. The number of nitrogens with zero attached hydrogens (tertiary/aromatic N) is 1. The van der Waals surface area contributed by atoms with Crippen LogP contribution in [0.4, 0.5) is 16.2 Å². The van der Waals surface area contributed by atoms with Gasteiger partial charge in [0.25, 0.3) is 5.91 Å². The minimum absolute atomic E-state index is 0.0184. The SMILES string of the molecule is C=Nc1c(O)cc2c(O)c1C[C@@H](C)C[C@H](OC)[C@H](O)[C@@H](C)C=C(CO)[C@H](OC(N)=O)[C@@H](OC)C=CC=C(C)C(=O)N2. The topological polar surface area (TPSA) is 193 Å². The zero-order valence-corrected chi connectivity index (χ0v) is 24.0. The van der Waals surface area contributed by atoms with Gasteiger partial charge in [-0.1, -0.05) is 38.2 Å². The van der Waals surface area contributed by atoms with Crippen LogP contribution in [-0.2, 0) is 25.4 Å². The third kappa shape index (κ3) is 8.64. The van der Waals surface area contributed by atoms with Crippen LogP contribution in [0, 0.1) is 11.8 Å². The van der Waals surface area contributed by atoms with Crippen molar-refractivity contribution in [1.29, 1.82) is 0 Å². The molecular weight excluding hydrogens is 534 g/mol. The zero-order chi connectivity index (χ0) is 30.9. The number of aliphatic imine (C=N–C) groups is 1. The lowest BCUT2D eigenvalue weighted by molar-refractivity contribution is -0.112. The second-order valence-electron chi connectivity index (χ2n) is 10.1. The highest BCUT2D eigenvalue weighted by atomic mass is 16.6. The van der Waals surface area contributed by atoms with Gasteiger partial charge < -0.3 is 45.7 Å². The van der Waals surface area contributed by atoms with E-state index < -0.39 is 48.9 Å². The quantitative estimate of drug-likeness (QED) is 0.132. The molecule has 2 rings (SSSR count). The number of primary amides is 1. The standard InChI is InChI=1S/C29H41N3O9/c1-15-10-19-24(31-4)21(34)13-20(26(19)36)32-28(37)16(2)8-7-9-22(39-5)27(41-29(30)38)18(14-33)12-17(3)25(35)23(11-15)40-6/h7-9,12-13,15,17,22-23,25,27,33-36H,4,10-11,14H2,1-3,5-6H3,(H2,30,38)(H,32,37)/t15-,17+,22+,23+,25-,27+/m1/s1. The van der Waals surface area contributed by atoms with Crippen LogP contribution in [0.15, 0.2) is 46.5 Å². The van der Waals surface area contributed by atoms with Crippen LogP contribution in [0.2, 0.25) is 0 Å². The number of fused-ring (bicyclic) bond motifs is 2. The van der Waals surface area contributed by atoms with Gasteiger partial charge in [-0.05, 0) is 38.0 Å². The first-order valence-corrected chi connectivity index (χ1v) is 13.1. The van der Waals surface area contributed by atoms with E-state index in [4.69, 9.17) is 19.9 Å². The molecule has 0 radical (unpaired) electrons. The van der Waals surface area contributed by atoms with Crippen LogP contribution < -0.4 is 11.1 Å². The van der Waals surface area contributed by atoms with Crippen LogP contribution in [0.3, 0.4) is 0 Å². The minimum Gasteiger partial charge on any atom is -0.506 e. The zero-order valence-electron chi connectivity index (χ0n) is 24.0.